The van der Waals surface area contributed by atoms with E-state index in [1.165, 1.54) is 23.1 Å². The Morgan fingerprint density at radius 1 is 1.33 bits per heavy atom. The molecule has 1 amide bonds. The normalized spacial score (nSPS) is 11.7. The van der Waals surface area contributed by atoms with Gasteiger partial charge in [0.05, 0.1) is 26.0 Å². The van der Waals surface area contributed by atoms with Gasteiger partial charge in [0.2, 0.25) is 11.0 Å². The molecule has 1 aromatic carbocycles. The molecule has 7 nitrogen and oxygen atoms in total. The summed E-state index contributed by atoms with van der Waals surface area (Å²) in [5, 5.41) is 14.5. The maximum absolute atomic E-state index is 12.2. The van der Waals surface area contributed by atoms with Gasteiger partial charge in [0.1, 0.15) is 11.5 Å². The van der Waals surface area contributed by atoms with Gasteiger partial charge in [0.25, 0.3) is 0 Å². The first-order valence-electron chi connectivity index (χ1n) is 7.22. The molecule has 2 rings (SSSR count). The quantitative estimate of drug-likeness (QED) is 0.693. The summed E-state index contributed by atoms with van der Waals surface area (Å²) in [5.74, 6) is 1.61. The van der Waals surface area contributed by atoms with Gasteiger partial charge in [-0.2, -0.15) is 0 Å². The highest BCUT2D eigenvalue weighted by Gasteiger charge is 2.16. The maximum atomic E-state index is 12.2. The molecule has 0 radical (unpaired) electrons. The molecule has 1 atom stereocenters. The Bertz CT molecular complexity index is 693. The van der Waals surface area contributed by atoms with Crippen molar-refractivity contribution in [2.75, 3.05) is 32.3 Å². The van der Waals surface area contributed by atoms with E-state index in [4.69, 9.17) is 9.47 Å². The molecule has 0 saturated carbocycles. The molecule has 0 aliphatic rings. The molecule has 130 valence electrons. The van der Waals surface area contributed by atoms with Crippen LogP contribution in [-0.4, -0.2) is 43.1 Å². The lowest BCUT2D eigenvalue weighted by molar-refractivity contribution is -0.119. The highest BCUT2D eigenvalue weighted by Crippen LogP contribution is 2.29. The van der Waals surface area contributed by atoms with E-state index in [0.29, 0.717) is 5.75 Å². The number of anilines is 1. The Balaban J connectivity index is 1.95. The van der Waals surface area contributed by atoms with Crippen LogP contribution in [0.4, 0.5) is 5.13 Å². The van der Waals surface area contributed by atoms with Crippen molar-refractivity contribution in [2.24, 2.45) is 0 Å². The number of rotatable bonds is 8. The number of methoxy groups -OCH3 is 2. The van der Waals surface area contributed by atoms with E-state index in [-0.39, 0.29) is 17.7 Å². The fraction of sp³-hybridized carbons (Fsp3) is 0.400. The summed E-state index contributed by atoms with van der Waals surface area (Å²) in [5.41, 5.74) is 0.864. The molecule has 0 aliphatic heterocycles. The van der Waals surface area contributed by atoms with E-state index in [1.54, 1.807) is 21.3 Å². The summed E-state index contributed by atoms with van der Waals surface area (Å²) in [6.07, 6.45) is 0. The Labute approximate surface area is 149 Å². The highest BCUT2D eigenvalue weighted by molar-refractivity contribution is 8.01. The summed E-state index contributed by atoms with van der Waals surface area (Å²) in [7, 11) is 4.99. The van der Waals surface area contributed by atoms with Crippen molar-refractivity contribution < 1.29 is 14.3 Å². The van der Waals surface area contributed by atoms with Crippen molar-refractivity contribution in [3.05, 3.63) is 23.8 Å². The van der Waals surface area contributed by atoms with Crippen LogP contribution in [0.3, 0.4) is 0 Å². The summed E-state index contributed by atoms with van der Waals surface area (Å²) >= 11 is 2.77. The third-order valence-corrected chi connectivity index (χ3v) is 5.30. The lowest BCUT2D eigenvalue weighted by atomic mass is 10.1. The minimum atomic E-state index is -0.203. The van der Waals surface area contributed by atoms with Crippen LogP contribution >= 0.6 is 23.1 Å². The molecule has 0 aliphatic carbocycles. The largest absolute Gasteiger partial charge is 0.497 e. The van der Waals surface area contributed by atoms with Crippen LogP contribution in [0.1, 0.15) is 18.5 Å². The highest BCUT2D eigenvalue weighted by atomic mass is 32.2. The number of hydrogen-bond acceptors (Lipinski definition) is 8. The first-order chi connectivity index (χ1) is 11.6. The topological polar surface area (TPSA) is 85.4 Å². The number of thioether (sulfide) groups is 1. The van der Waals surface area contributed by atoms with Crippen molar-refractivity contribution in [1.29, 1.82) is 0 Å². The van der Waals surface area contributed by atoms with Gasteiger partial charge in [-0.25, -0.2) is 0 Å². The molecule has 24 heavy (non-hydrogen) atoms. The second-order valence-electron chi connectivity index (χ2n) is 4.81. The average Bonchev–Trinajstić information content (AvgIpc) is 3.07. The number of nitrogens with zero attached hydrogens (tertiary/aromatic N) is 2. The van der Waals surface area contributed by atoms with Crippen molar-refractivity contribution >= 4 is 34.1 Å². The van der Waals surface area contributed by atoms with Crippen LogP contribution in [0.15, 0.2) is 22.5 Å². The summed E-state index contributed by atoms with van der Waals surface area (Å²) in [6, 6.07) is 5.31. The van der Waals surface area contributed by atoms with E-state index in [1.807, 2.05) is 25.1 Å². The summed E-state index contributed by atoms with van der Waals surface area (Å²) in [4.78, 5) is 12.2. The van der Waals surface area contributed by atoms with Gasteiger partial charge in [-0.15, -0.1) is 10.2 Å². The molecule has 0 saturated heterocycles. The second kappa shape index (κ2) is 8.74. The zero-order valence-electron chi connectivity index (χ0n) is 14.0. The van der Waals surface area contributed by atoms with Crippen molar-refractivity contribution in [2.45, 2.75) is 17.3 Å². The van der Waals surface area contributed by atoms with E-state index < -0.39 is 0 Å². The first-order valence-corrected chi connectivity index (χ1v) is 9.03. The van der Waals surface area contributed by atoms with Gasteiger partial charge >= 0.3 is 0 Å². The smallest absolute Gasteiger partial charge is 0.230 e. The van der Waals surface area contributed by atoms with Crippen LogP contribution < -0.4 is 20.1 Å². The van der Waals surface area contributed by atoms with Crippen LogP contribution in [-0.2, 0) is 4.79 Å². The summed E-state index contributed by atoms with van der Waals surface area (Å²) < 4.78 is 11.3. The number of hydrogen-bond donors (Lipinski definition) is 2. The van der Waals surface area contributed by atoms with Crippen molar-refractivity contribution in [3.8, 4) is 11.5 Å². The SMILES string of the molecule is CNc1nnc(SCC(=O)N[C@H](C)c2cc(OC)ccc2OC)s1. The minimum absolute atomic E-state index is 0.0846. The molecule has 0 spiro atoms. The van der Waals surface area contributed by atoms with E-state index in [2.05, 4.69) is 20.8 Å². The monoisotopic (exact) mass is 368 g/mol. The Hall–Kier alpha value is -2.00. The van der Waals surface area contributed by atoms with Crippen LogP contribution in [0.25, 0.3) is 0 Å². The number of nitrogens with one attached hydrogen (secondary N) is 2. The summed E-state index contributed by atoms with van der Waals surface area (Å²) in [6.45, 7) is 1.91. The molecule has 0 bridgehead atoms. The van der Waals surface area contributed by atoms with Crippen LogP contribution in [0.2, 0.25) is 0 Å². The molecule has 2 N–H and O–H groups in total. The van der Waals surface area contributed by atoms with Crippen LogP contribution in [0.5, 0.6) is 11.5 Å². The molecular weight excluding hydrogens is 348 g/mol. The Morgan fingerprint density at radius 3 is 2.75 bits per heavy atom. The lowest BCUT2D eigenvalue weighted by Crippen LogP contribution is -2.28. The van der Waals surface area contributed by atoms with Gasteiger partial charge in [0.15, 0.2) is 4.34 Å². The number of carbonyl (C=O) groups is 1. The molecule has 0 fully saturated rings. The van der Waals surface area contributed by atoms with Gasteiger partial charge in [-0.05, 0) is 25.1 Å². The number of aromatic nitrogens is 2. The lowest BCUT2D eigenvalue weighted by Gasteiger charge is -2.18. The average molecular weight is 368 g/mol. The Kier molecular flexibility index (Phi) is 6.68. The first kappa shape index (κ1) is 18.3. The number of benzene rings is 1. The van der Waals surface area contributed by atoms with E-state index in [9.17, 15) is 4.79 Å². The molecular formula is C15H20N4O3S2. The third-order valence-electron chi connectivity index (χ3n) is 3.23. The zero-order chi connectivity index (χ0) is 17.5. The zero-order valence-corrected chi connectivity index (χ0v) is 15.6. The van der Waals surface area contributed by atoms with Crippen molar-refractivity contribution in [1.82, 2.24) is 15.5 Å². The van der Waals surface area contributed by atoms with Gasteiger partial charge < -0.3 is 20.1 Å². The Morgan fingerprint density at radius 2 is 2.12 bits per heavy atom. The third kappa shape index (κ3) is 4.75. The van der Waals surface area contributed by atoms with E-state index >= 15 is 0 Å². The predicted octanol–water partition coefficient (Wildman–Crippen LogP) is 2.57. The maximum Gasteiger partial charge on any atom is 0.230 e. The fourth-order valence-electron chi connectivity index (χ4n) is 2.04. The van der Waals surface area contributed by atoms with Gasteiger partial charge in [-0.3, -0.25) is 4.79 Å². The van der Waals surface area contributed by atoms with Crippen LogP contribution in [0, 0.1) is 0 Å². The number of ether oxygens (including phenoxy) is 2. The predicted molar refractivity (Wildman–Crippen MR) is 96.3 cm³/mol. The molecule has 1 aromatic heterocycles. The minimum Gasteiger partial charge on any atom is -0.497 e. The van der Waals surface area contributed by atoms with Gasteiger partial charge in [-0.1, -0.05) is 23.1 Å². The number of amides is 1. The standard InChI is InChI=1S/C15H20N4O3S2/c1-9(11-7-10(21-3)5-6-12(11)22-4)17-13(20)8-23-15-19-18-14(16-2)24-15/h5-7,9H,8H2,1-4H3,(H,16,18)(H,17,20)/t9-/m1/s1. The second-order valence-corrected chi connectivity index (χ2v) is 7.01. The molecule has 9 heteroatoms. The van der Waals surface area contributed by atoms with E-state index in [0.717, 1.165) is 20.8 Å². The molecule has 0 unspecified atom stereocenters. The fourth-order valence-corrected chi connectivity index (χ4v) is 3.55. The van der Waals surface area contributed by atoms with Gasteiger partial charge in [0, 0.05) is 12.6 Å². The molecule has 2 aromatic rings. The number of carbonyl (C=O) groups excluding carboxylic acids is 1. The molecule has 1 heterocycles. The van der Waals surface area contributed by atoms with Crippen molar-refractivity contribution in [3.63, 3.8) is 0 Å².